The minimum Gasteiger partial charge on any atom is -0.507 e. The second kappa shape index (κ2) is 11.9. The first-order valence-electron chi connectivity index (χ1n) is 16.9. The number of hydrazine groups is 1. The van der Waals surface area contributed by atoms with Crippen molar-refractivity contribution in [3.63, 3.8) is 0 Å². The molecule has 2 aliphatic carbocycles. The summed E-state index contributed by atoms with van der Waals surface area (Å²) >= 11 is 2.19. The van der Waals surface area contributed by atoms with Gasteiger partial charge in [-0.05, 0) is 121 Å². The van der Waals surface area contributed by atoms with Gasteiger partial charge in [-0.25, -0.2) is 0 Å². The second-order valence-electron chi connectivity index (χ2n) is 14.1. The van der Waals surface area contributed by atoms with Gasteiger partial charge in [-0.2, -0.15) is 5.01 Å². The number of hydrogen-bond acceptors (Lipinski definition) is 6. The van der Waals surface area contributed by atoms with Crippen molar-refractivity contribution in [2.75, 3.05) is 10.3 Å². The first-order valence-corrected chi connectivity index (χ1v) is 18.0. The quantitative estimate of drug-likeness (QED) is 0.127. The molecule has 1 saturated carbocycles. The monoisotopic (exact) mass is 777 g/mol. The van der Waals surface area contributed by atoms with Crippen molar-refractivity contribution in [3.05, 3.63) is 134 Å². The molecule has 8 nitrogen and oxygen atoms in total. The Morgan fingerprint density at radius 3 is 2.12 bits per heavy atom. The molecule has 4 amide bonds. The zero-order valence-electron chi connectivity index (χ0n) is 27.9. The fourth-order valence-corrected chi connectivity index (χ4v) is 9.48. The third-order valence-electron chi connectivity index (χ3n) is 11.3. The number of imide groups is 2. The van der Waals surface area contributed by atoms with Gasteiger partial charge < -0.3 is 5.11 Å². The van der Waals surface area contributed by atoms with Crippen molar-refractivity contribution in [1.29, 1.82) is 0 Å². The maximum absolute atomic E-state index is 15.3. The average Bonchev–Trinajstić information content (AvgIpc) is 3.49. The molecule has 2 heterocycles. The van der Waals surface area contributed by atoms with Crippen LogP contribution in [0.3, 0.4) is 0 Å². The Bertz CT molecular complexity index is 2090. The highest BCUT2D eigenvalue weighted by atomic mass is 127. The van der Waals surface area contributed by atoms with Gasteiger partial charge in [0.2, 0.25) is 11.8 Å². The van der Waals surface area contributed by atoms with Crippen molar-refractivity contribution in [2.24, 2.45) is 23.7 Å². The van der Waals surface area contributed by atoms with Crippen molar-refractivity contribution in [1.82, 2.24) is 5.01 Å². The minimum atomic E-state index is -1.36. The van der Waals surface area contributed by atoms with Crippen LogP contribution < -0.4 is 10.3 Å². The molecular formula is C41H36IN3O5. The molecule has 2 aliphatic heterocycles. The van der Waals surface area contributed by atoms with E-state index in [9.17, 15) is 19.5 Å². The summed E-state index contributed by atoms with van der Waals surface area (Å²) in [4.78, 5) is 59.9. The van der Waals surface area contributed by atoms with Crippen LogP contribution in [0.15, 0.2) is 103 Å². The van der Waals surface area contributed by atoms with E-state index in [4.69, 9.17) is 0 Å². The van der Waals surface area contributed by atoms with Gasteiger partial charge in [0.25, 0.3) is 11.8 Å². The molecule has 6 atom stereocenters. The molecule has 9 heteroatoms. The van der Waals surface area contributed by atoms with Gasteiger partial charge in [-0.15, -0.1) is 0 Å². The van der Waals surface area contributed by atoms with Gasteiger partial charge in [0.1, 0.15) is 5.75 Å². The van der Waals surface area contributed by atoms with Gasteiger partial charge in [0, 0.05) is 9.49 Å². The number of halogens is 1. The number of benzene rings is 4. The number of allylic oxidation sites excluding steroid dienone is 2. The van der Waals surface area contributed by atoms with E-state index < -0.39 is 35.0 Å². The first-order chi connectivity index (χ1) is 24.0. The van der Waals surface area contributed by atoms with Gasteiger partial charge >= 0.3 is 0 Å². The highest BCUT2D eigenvalue weighted by Crippen LogP contribution is 2.64. The van der Waals surface area contributed by atoms with Gasteiger partial charge in [-0.1, -0.05) is 71.8 Å². The molecule has 0 radical (unpaired) electrons. The van der Waals surface area contributed by atoms with Crippen LogP contribution in [0, 0.1) is 48.0 Å². The lowest BCUT2D eigenvalue weighted by atomic mass is 9.49. The second-order valence-corrected chi connectivity index (χ2v) is 15.3. The van der Waals surface area contributed by atoms with Crippen LogP contribution in [0.25, 0.3) is 0 Å². The third kappa shape index (κ3) is 4.69. The number of aromatic hydroxyl groups is 1. The summed E-state index contributed by atoms with van der Waals surface area (Å²) in [6.07, 6.45) is 2.63. The number of hydrogen-bond donors (Lipinski definition) is 2. The summed E-state index contributed by atoms with van der Waals surface area (Å²) in [5.74, 6) is -4.28. The molecule has 4 aromatic rings. The normalized spacial score (nSPS) is 27.2. The number of rotatable bonds is 5. The van der Waals surface area contributed by atoms with Gasteiger partial charge in [0.05, 0.1) is 34.5 Å². The smallest absolute Gasteiger partial charge is 0.260 e. The number of nitrogens with one attached hydrogen (secondary N) is 1. The lowest BCUT2D eigenvalue weighted by Gasteiger charge is -2.50. The van der Waals surface area contributed by atoms with E-state index in [0.29, 0.717) is 34.5 Å². The topological polar surface area (TPSA) is 107 Å². The Morgan fingerprint density at radius 1 is 0.800 bits per heavy atom. The first kappa shape index (κ1) is 32.4. The molecule has 0 bridgehead atoms. The Morgan fingerprint density at radius 2 is 1.46 bits per heavy atom. The van der Waals surface area contributed by atoms with Crippen LogP contribution in [-0.2, 0) is 24.6 Å². The highest BCUT2D eigenvalue weighted by Gasteiger charge is 2.70. The molecule has 8 rings (SSSR count). The summed E-state index contributed by atoms with van der Waals surface area (Å²) in [5.41, 5.74) is 7.66. The predicted octanol–water partition coefficient (Wildman–Crippen LogP) is 7.11. The van der Waals surface area contributed by atoms with E-state index in [1.807, 2.05) is 99.6 Å². The molecule has 2 N–H and O–H groups in total. The number of phenols is 1. The number of carbonyl (C=O) groups is 4. The maximum atomic E-state index is 15.3. The maximum Gasteiger partial charge on any atom is 0.260 e. The lowest BCUT2D eigenvalue weighted by Crippen LogP contribution is -2.53. The molecule has 252 valence electrons. The number of phenolic OH excluding ortho intramolecular Hbond substituents is 1. The van der Waals surface area contributed by atoms with Crippen molar-refractivity contribution < 1.29 is 24.3 Å². The number of carbonyl (C=O) groups excluding carboxylic acids is 4. The highest BCUT2D eigenvalue weighted by molar-refractivity contribution is 14.1. The number of aryl methyl sites for hydroxylation is 3. The zero-order chi connectivity index (χ0) is 35.1. The molecule has 2 saturated heterocycles. The fourth-order valence-electron chi connectivity index (χ4n) is 9.12. The number of nitrogens with zero attached hydrogens (tertiary/aromatic N) is 2. The molecule has 4 aliphatic rings. The number of anilines is 2. The summed E-state index contributed by atoms with van der Waals surface area (Å²) in [6, 6.07) is 28.1. The Kier molecular flexibility index (Phi) is 7.74. The molecule has 6 unspecified atom stereocenters. The molecule has 0 spiro atoms. The lowest BCUT2D eigenvalue weighted by molar-refractivity contribution is -0.138. The van der Waals surface area contributed by atoms with E-state index in [1.54, 1.807) is 12.1 Å². The number of amides is 4. The minimum absolute atomic E-state index is 0.172. The van der Waals surface area contributed by atoms with Crippen LogP contribution in [0.1, 0.15) is 46.6 Å². The van der Waals surface area contributed by atoms with E-state index >= 15 is 4.79 Å². The van der Waals surface area contributed by atoms with Crippen molar-refractivity contribution >= 4 is 57.6 Å². The van der Waals surface area contributed by atoms with Gasteiger partial charge in [0.15, 0.2) is 0 Å². The van der Waals surface area contributed by atoms with E-state index in [2.05, 4.69) is 34.1 Å². The molecular weight excluding hydrogens is 741 g/mol. The average molecular weight is 778 g/mol. The van der Waals surface area contributed by atoms with Crippen molar-refractivity contribution in [3.8, 4) is 5.75 Å². The molecule has 3 fully saturated rings. The summed E-state index contributed by atoms with van der Waals surface area (Å²) in [5, 5.41) is 12.0. The Labute approximate surface area is 304 Å². The van der Waals surface area contributed by atoms with Crippen LogP contribution in [-0.4, -0.2) is 33.7 Å². The standard InChI is InChI=1S/C41H36IN3O5/c1-22-9-13-28(14-10-22)43-45-38(48)33-21-32-30(17-18-31-34(32)39(49)44(37(31)47)29-15-11-27(42)12-16-29)35(25-19-23(2)36(46)24(3)20-25)41(33,40(45)50)26-7-5-4-6-8-26/h4-17,19-20,31-35,43,46H,18,21H2,1-3H3. The van der Waals surface area contributed by atoms with Crippen molar-refractivity contribution in [2.45, 2.75) is 44.9 Å². The fraction of sp³-hybridized carbons (Fsp3) is 0.268. The van der Waals surface area contributed by atoms with Gasteiger partial charge in [-0.3, -0.25) is 29.5 Å². The van der Waals surface area contributed by atoms with Crippen LogP contribution in [0.5, 0.6) is 5.75 Å². The van der Waals surface area contributed by atoms with E-state index in [1.165, 1.54) is 9.91 Å². The van der Waals surface area contributed by atoms with Crippen LogP contribution in [0.4, 0.5) is 11.4 Å². The zero-order valence-corrected chi connectivity index (χ0v) is 30.0. The van der Waals surface area contributed by atoms with Crippen LogP contribution >= 0.6 is 22.6 Å². The van der Waals surface area contributed by atoms with E-state index in [0.717, 1.165) is 20.3 Å². The largest absolute Gasteiger partial charge is 0.507 e. The van der Waals surface area contributed by atoms with E-state index in [-0.39, 0.29) is 35.8 Å². The number of fused-ring (bicyclic) bond motifs is 4. The predicted molar refractivity (Wildman–Crippen MR) is 198 cm³/mol. The SMILES string of the molecule is Cc1ccc(NN2C(=O)C3CC4C(=CCC5C(=O)N(c6ccc(I)cc6)C(=O)C54)C(c4cc(C)c(O)c(C)c4)C3(c3ccccc3)C2=O)cc1. The van der Waals surface area contributed by atoms with Crippen LogP contribution in [0.2, 0.25) is 0 Å². The summed E-state index contributed by atoms with van der Waals surface area (Å²) in [7, 11) is 0. The third-order valence-corrected chi connectivity index (χ3v) is 12.0. The molecule has 4 aromatic carbocycles. The summed E-state index contributed by atoms with van der Waals surface area (Å²) < 4.78 is 0.992. The molecule has 50 heavy (non-hydrogen) atoms. The Balaban J connectivity index is 1.33. The Hall–Kier alpha value is -4.77. The molecule has 0 aromatic heterocycles. The summed E-state index contributed by atoms with van der Waals surface area (Å²) in [6.45, 7) is 5.63.